The molecule has 4 aromatic rings. The minimum atomic E-state index is -3.65. The van der Waals surface area contributed by atoms with E-state index in [4.69, 9.17) is 0 Å². The van der Waals surface area contributed by atoms with Gasteiger partial charge in [-0.1, -0.05) is 42.5 Å². The van der Waals surface area contributed by atoms with Crippen molar-refractivity contribution in [3.63, 3.8) is 0 Å². The molecule has 0 radical (unpaired) electrons. The maximum Gasteiger partial charge on any atom is 0.331 e. The van der Waals surface area contributed by atoms with Gasteiger partial charge in [-0.3, -0.25) is 13.9 Å². The summed E-state index contributed by atoms with van der Waals surface area (Å²) in [5, 5.41) is 3.24. The molecule has 0 amide bonds. The van der Waals surface area contributed by atoms with Crippen molar-refractivity contribution >= 4 is 21.1 Å². The van der Waals surface area contributed by atoms with Crippen LogP contribution in [0.3, 0.4) is 0 Å². The quantitative estimate of drug-likeness (QED) is 0.312. The normalized spacial score (nSPS) is 11.8. The first-order valence-corrected chi connectivity index (χ1v) is 12.4. The van der Waals surface area contributed by atoms with Crippen molar-refractivity contribution in [2.75, 3.05) is 19.6 Å². The number of nitrogens with one attached hydrogen (secondary N) is 3. The number of H-pyrrole nitrogens is 1. The molecule has 4 rings (SSSR count). The molecule has 0 spiro atoms. The van der Waals surface area contributed by atoms with Crippen LogP contribution in [0.2, 0.25) is 0 Å². The Bertz CT molecular complexity index is 1520. The Kier molecular flexibility index (Phi) is 6.82. The standard InChI is InChI=1S/C24H27N5O4S/c1-28-21-16-20(27-22(21)23(30)29(2)24(28)31)18-8-10-19(11-9-18)34(32,33)26-15-14-25-13-12-17-6-4-3-5-7-17/h3-11,16,25-27H,12-15H2,1-2H3. The van der Waals surface area contributed by atoms with Crippen molar-refractivity contribution in [3.05, 3.63) is 87.1 Å². The zero-order valence-corrected chi connectivity index (χ0v) is 19.9. The fourth-order valence-corrected chi connectivity index (χ4v) is 4.81. The van der Waals surface area contributed by atoms with E-state index in [-0.39, 0.29) is 11.4 Å². The molecule has 2 heterocycles. The molecule has 0 saturated heterocycles. The lowest BCUT2D eigenvalue weighted by Gasteiger charge is -2.09. The van der Waals surface area contributed by atoms with Gasteiger partial charge in [0.15, 0.2) is 0 Å². The predicted molar refractivity (Wildman–Crippen MR) is 132 cm³/mol. The van der Waals surface area contributed by atoms with E-state index in [9.17, 15) is 18.0 Å². The fourth-order valence-electron chi connectivity index (χ4n) is 3.78. The van der Waals surface area contributed by atoms with Gasteiger partial charge in [0, 0.05) is 32.9 Å². The van der Waals surface area contributed by atoms with Crippen LogP contribution in [0.4, 0.5) is 0 Å². The minimum absolute atomic E-state index is 0.153. The molecule has 2 aromatic heterocycles. The van der Waals surface area contributed by atoms with Crippen LogP contribution >= 0.6 is 0 Å². The number of nitrogens with zero attached hydrogens (tertiary/aromatic N) is 2. The second-order valence-corrected chi connectivity index (χ2v) is 9.82. The second-order valence-electron chi connectivity index (χ2n) is 8.06. The molecule has 0 aliphatic carbocycles. The first-order valence-electron chi connectivity index (χ1n) is 10.9. The van der Waals surface area contributed by atoms with Crippen molar-refractivity contribution in [1.82, 2.24) is 24.2 Å². The Morgan fingerprint density at radius 3 is 2.29 bits per heavy atom. The summed E-state index contributed by atoms with van der Waals surface area (Å²) in [4.78, 5) is 27.7. The van der Waals surface area contributed by atoms with Gasteiger partial charge in [-0.05, 0) is 42.3 Å². The van der Waals surface area contributed by atoms with E-state index in [2.05, 4.69) is 27.2 Å². The third-order valence-electron chi connectivity index (χ3n) is 5.75. The Morgan fingerprint density at radius 1 is 0.882 bits per heavy atom. The van der Waals surface area contributed by atoms with E-state index in [1.807, 2.05) is 18.2 Å². The van der Waals surface area contributed by atoms with Crippen LogP contribution in [0.25, 0.3) is 22.3 Å². The van der Waals surface area contributed by atoms with E-state index in [0.717, 1.165) is 17.5 Å². The van der Waals surface area contributed by atoms with Gasteiger partial charge in [0.2, 0.25) is 10.0 Å². The van der Waals surface area contributed by atoms with Gasteiger partial charge in [0.1, 0.15) is 5.52 Å². The molecule has 9 nitrogen and oxygen atoms in total. The highest BCUT2D eigenvalue weighted by Crippen LogP contribution is 2.23. The summed E-state index contributed by atoms with van der Waals surface area (Å²) in [7, 11) is -0.623. The van der Waals surface area contributed by atoms with Crippen molar-refractivity contribution in [2.24, 2.45) is 14.1 Å². The van der Waals surface area contributed by atoms with Crippen LogP contribution in [0.1, 0.15) is 5.56 Å². The SMILES string of the molecule is Cn1c(=O)c2[nH]c(-c3ccc(S(=O)(=O)NCCNCCc4ccccc4)cc3)cc2n(C)c1=O. The first kappa shape index (κ1) is 23.7. The van der Waals surface area contributed by atoms with Crippen molar-refractivity contribution in [3.8, 4) is 11.3 Å². The second kappa shape index (κ2) is 9.80. The summed E-state index contributed by atoms with van der Waals surface area (Å²) >= 11 is 0. The molecule has 0 bridgehead atoms. The number of hydrogen-bond donors (Lipinski definition) is 3. The smallest absolute Gasteiger partial charge is 0.331 e. The first-order chi connectivity index (χ1) is 16.3. The number of aryl methyl sites for hydroxylation is 1. The van der Waals surface area contributed by atoms with Crippen LogP contribution < -0.4 is 21.3 Å². The van der Waals surface area contributed by atoms with E-state index < -0.39 is 21.3 Å². The molecule has 34 heavy (non-hydrogen) atoms. The number of rotatable bonds is 9. The average Bonchev–Trinajstić information content (AvgIpc) is 3.30. The van der Waals surface area contributed by atoms with Crippen molar-refractivity contribution in [2.45, 2.75) is 11.3 Å². The lowest BCUT2D eigenvalue weighted by atomic mass is 10.1. The van der Waals surface area contributed by atoms with Gasteiger partial charge < -0.3 is 10.3 Å². The monoisotopic (exact) mass is 481 g/mol. The Morgan fingerprint density at radius 2 is 1.59 bits per heavy atom. The highest BCUT2D eigenvalue weighted by Gasteiger charge is 2.15. The predicted octanol–water partition coefficient (Wildman–Crippen LogP) is 1.34. The number of fused-ring (bicyclic) bond motifs is 1. The Labute approximate surface area is 197 Å². The maximum absolute atomic E-state index is 12.6. The van der Waals surface area contributed by atoms with E-state index in [1.165, 1.54) is 29.3 Å². The third-order valence-corrected chi connectivity index (χ3v) is 7.23. The molecule has 0 aliphatic rings. The molecule has 0 atom stereocenters. The van der Waals surface area contributed by atoms with Crippen LogP contribution in [0.15, 0.2) is 75.1 Å². The van der Waals surface area contributed by atoms with Gasteiger partial charge in [0.05, 0.1) is 10.4 Å². The number of aromatic amines is 1. The molecule has 178 valence electrons. The molecular weight excluding hydrogens is 454 g/mol. The summed E-state index contributed by atoms with van der Waals surface area (Å²) in [5.74, 6) is 0. The number of aromatic nitrogens is 3. The fraction of sp³-hybridized carbons (Fsp3) is 0.250. The summed E-state index contributed by atoms with van der Waals surface area (Å²) in [6.45, 7) is 1.56. The molecule has 10 heteroatoms. The average molecular weight is 482 g/mol. The highest BCUT2D eigenvalue weighted by molar-refractivity contribution is 7.89. The molecule has 0 saturated carbocycles. The van der Waals surface area contributed by atoms with E-state index >= 15 is 0 Å². The molecule has 2 aromatic carbocycles. The molecule has 0 fully saturated rings. The van der Waals surface area contributed by atoms with Gasteiger partial charge >= 0.3 is 5.69 Å². The summed E-state index contributed by atoms with van der Waals surface area (Å²) in [6, 6.07) is 18.2. The Hall–Kier alpha value is -3.47. The lowest BCUT2D eigenvalue weighted by molar-refractivity contribution is 0.576. The zero-order valence-electron chi connectivity index (χ0n) is 19.0. The number of benzene rings is 2. The van der Waals surface area contributed by atoms with Crippen LogP contribution in [0.5, 0.6) is 0 Å². The molecule has 0 aliphatic heterocycles. The maximum atomic E-state index is 12.6. The molecule has 3 N–H and O–H groups in total. The Balaban J connectivity index is 1.39. The molecular formula is C24H27N5O4S. The van der Waals surface area contributed by atoms with E-state index in [0.29, 0.717) is 28.8 Å². The van der Waals surface area contributed by atoms with Gasteiger partial charge in [0.25, 0.3) is 5.56 Å². The largest absolute Gasteiger partial charge is 0.349 e. The highest BCUT2D eigenvalue weighted by atomic mass is 32.2. The van der Waals surface area contributed by atoms with Crippen LogP contribution in [-0.4, -0.2) is 42.2 Å². The third kappa shape index (κ3) is 4.89. The number of sulfonamides is 1. The lowest BCUT2D eigenvalue weighted by Crippen LogP contribution is -2.36. The van der Waals surface area contributed by atoms with Crippen LogP contribution in [0, 0.1) is 0 Å². The molecule has 0 unspecified atom stereocenters. The topological polar surface area (TPSA) is 118 Å². The van der Waals surface area contributed by atoms with Crippen molar-refractivity contribution < 1.29 is 8.42 Å². The summed E-state index contributed by atoms with van der Waals surface area (Å²) < 4.78 is 30.3. The van der Waals surface area contributed by atoms with Crippen molar-refractivity contribution in [1.29, 1.82) is 0 Å². The summed E-state index contributed by atoms with van der Waals surface area (Å²) in [6.07, 6.45) is 0.878. The van der Waals surface area contributed by atoms with Gasteiger partial charge in [-0.15, -0.1) is 0 Å². The van der Waals surface area contributed by atoms with Gasteiger partial charge in [-0.2, -0.15) is 0 Å². The van der Waals surface area contributed by atoms with Crippen LogP contribution in [-0.2, 0) is 30.5 Å². The number of hydrogen-bond acceptors (Lipinski definition) is 5. The summed E-state index contributed by atoms with van der Waals surface area (Å²) in [5.41, 5.74) is 2.53. The van der Waals surface area contributed by atoms with Gasteiger partial charge in [-0.25, -0.2) is 17.9 Å². The minimum Gasteiger partial charge on any atom is -0.349 e. The van der Waals surface area contributed by atoms with E-state index in [1.54, 1.807) is 25.2 Å². The zero-order chi connectivity index (χ0) is 24.3.